The predicted molar refractivity (Wildman–Crippen MR) is 120 cm³/mol. The second-order valence-corrected chi connectivity index (χ2v) is 10.7. The number of ether oxygens (including phenoxy) is 1. The Morgan fingerprint density at radius 3 is 2.15 bits per heavy atom. The number of halogens is 2. The molecule has 182 valence electrons. The zero-order valence-corrected chi connectivity index (χ0v) is 20.6. The van der Waals surface area contributed by atoms with Crippen molar-refractivity contribution in [2.75, 3.05) is 19.6 Å². The van der Waals surface area contributed by atoms with Crippen molar-refractivity contribution in [2.24, 2.45) is 0 Å². The van der Waals surface area contributed by atoms with E-state index in [0.717, 1.165) is 0 Å². The minimum Gasteiger partial charge on any atom is -0.444 e. The summed E-state index contributed by atoms with van der Waals surface area (Å²) in [5.74, 6) is -3.04. The molecule has 1 unspecified atom stereocenters. The van der Waals surface area contributed by atoms with Gasteiger partial charge in [-0.05, 0) is 61.5 Å². The van der Waals surface area contributed by atoms with E-state index in [4.69, 9.17) is 14.0 Å². The first-order valence-corrected chi connectivity index (χ1v) is 11.2. The molecule has 2 saturated heterocycles. The fourth-order valence-corrected chi connectivity index (χ4v) is 3.79. The van der Waals surface area contributed by atoms with Crippen LogP contribution in [0.1, 0.15) is 65.7 Å². The largest absolute Gasteiger partial charge is 0.497 e. The summed E-state index contributed by atoms with van der Waals surface area (Å²) in [6, 6.07) is 2.19. The molecule has 0 saturated carbocycles. The fourth-order valence-electron chi connectivity index (χ4n) is 3.79. The van der Waals surface area contributed by atoms with E-state index in [0.29, 0.717) is 0 Å². The van der Waals surface area contributed by atoms with E-state index in [1.54, 1.807) is 27.7 Å². The lowest BCUT2D eigenvalue weighted by Crippen LogP contribution is -2.56. The van der Waals surface area contributed by atoms with E-state index in [1.165, 1.54) is 21.9 Å². The molecular formula is C23H33BF2N2O5. The molecule has 0 bridgehead atoms. The molecule has 2 heterocycles. The molecule has 1 aromatic rings. The van der Waals surface area contributed by atoms with Gasteiger partial charge in [0.05, 0.1) is 16.8 Å². The number of carbonyl (C=O) groups is 2. The molecule has 33 heavy (non-hydrogen) atoms. The normalized spacial score (nSPS) is 22.5. The van der Waals surface area contributed by atoms with Crippen LogP contribution in [0, 0.1) is 11.6 Å². The maximum Gasteiger partial charge on any atom is 0.497 e. The Morgan fingerprint density at radius 2 is 1.64 bits per heavy atom. The van der Waals surface area contributed by atoms with E-state index in [1.807, 2.05) is 27.7 Å². The molecule has 0 aliphatic carbocycles. The Bertz CT molecular complexity index is 932. The Hall–Kier alpha value is -2.20. The zero-order valence-electron chi connectivity index (χ0n) is 20.6. The maximum absolute atomic E-state index is 15.0. The van der Waals surface area contributed by atoms with E-state index in [-0.39, 0.29) is 30.7 Å². The molecule has 1 atom stereocenters. The lowest BCUT2D eigenvalue weighted by molar-refractivity contribution is 0.00578. The van der Waals surface area contributed by atoms with Crippen LogP contribution in [-0.2, 0) is 14.0 Å². The van der Waals surface area contributed by atoms with Gasteiger partial charge in [-0.2, -0.15) is 0 Å². The van der Waals surface area contributed by atoms with Crippen LogP contribution in [0.4, 0.5) is 13.6 Å². The summed E-state index contributed by atoms with van der Waals surface area (Å²) in [4.78, 5) is 28.3. The summed E-state index contributed by atoms with van der Waals surface area (Å²) in [6.07, 6.45) is -0.467. The minimum atomic E-state index is -1.24. The predicted octanol–water partition coefficient (Wildman–Crippen LogP) is 3.35. The second kappa shape index (κ2) is 8.54. The average molecular weight is 466 g/mol. The third-order valence-corrected chi connectivity index (χ3v) is 6.39. The second-order valence-electron chi connectivity index (χ2n) is 10.7. The third-order valence-electron chi connectivity index (χ3n) is 6.39. The van der Waals surface area contributed by atoms with Gasteiger partial charge in [-0.15, -0.1) is 0 Å². The van der Waals surface area contributed by atoms with Crippen LogP contribution >= 0.6 is 0 Å². The van der Waals surface area contributed by atoms with Gasteiger partial charge in [0.15, 0.2) is 11.6 Å². The molecule has 2 amide bonds. The summed E-state index contributed by atoms with van der Waals surface area (Å²) < 4.78 is 47.0. The molecule has 2 aliphatic heterocycles. The van der Waals surface area contributed by atoms with Crippen LogP contribution in [0.15, 0.2) is 12.1 Å². The van der Waals surface area contributed by atoms with Crippen LogP contribution in [-0.4, -0.2) is 71.4 Å². The average Bonchev–Trinajstić information content (AvgIpc) is 2.89. The van der Waals surface area contributed by atoms with Crippen molar-refractivity contribution in [1.29, 1.82) is 0 Å². The number of piperazine rings is 1. The van der Waals surface area contributed by atoms with Gasteiger partial charge in [-0.25, -0.2) is 13.6 Å². The Labute approximate surface area is 194 Å². The fraction of sp³-hybridized carbons (Fsp3) is 0.652. The molecule has 7 nitrogen and oxygen atoms in total. The SMILES string of the molecule is CC1CN(C(=O)OC(C)(C)C)CCN1C(=O)c1ccc(B2OC(C)(C)C(C)(C)O2)c(F)c1F. The molecule has 3 rings (SSSR count). The molecule has 0 aromatic heterocycles. The van der Waals surface area contributed by atoms with Gasteiger partial charge in [0, 0.05) is 31.1 Å². The van der Waals surface area contributed by atoms with Crippen molar-refractivity contribution in [2.45, 2.75) is 78.2 Å². The summed E-state index contributed by atoms with van der Waals surface area (Å²) in [6.45, 7) is 15.0. The highest BCUT2D eigenvalue weighted by Crippen LogP contribution is 2.36. The number of hydrogen-bond donors (Lipinski definition) is 0. The molecular weight excluding hydrogens is 433 g/mol. The van der Waals surface area contributed by atoms with Crippen molar-refractivity contribution in [3.05, 3.63) is 29.3 Å². The number of amides is 2. The lowest BCUT2D eigenvalue weighted by Gasteiger charge is -2.40. The number of carbonyl (C=O) groups excluding carboxylic acids is 2. The number of rotatable bonds is 2. The first-order chi connectivity index (χ1) is 15.0. The quantitative estimate of drug-likeness (QED) is 0.626. The smallest absolute Gasteiger partial charge is 0.444 e. The molecule has 0 spiro atoms. The lowest BCUT2D eigenvalue weighted by atomic mass is 9.78. The summed E-state index contributed by atoms with van der Waals surface area (Å²) in [5.41, 5.74) is -2.51. The molecule has 0 radical (unpaired) electrons. The van der Waals surface area contributed by atoms with Gasteiger partial charge in [0.25, 0.3) is 5.91 Å². The van der Waals surface area contributed by atoms with Gasteiger partial charge in [-0.1, -0.05) is 6.07 Å². The molecule has 2 aliphatic rings. The van der Waals surface area contributed by atoms with E-state index >= 15 is 4.39 Å². The van der Waals surface area contributed by atoms with Gasteiger partial charge in [0.1, 0.15) is 5.60 Å². The van der Waals surface area contributed by atoms with E-state index in [2.05, 4.69) is 0 Å². The van der Waals surface area contributed by atoms with Crippen LogP contribution in [0.3, 0.4) is 0 Å². The van der Waals surface area contributed by atoms with Crippen LogP contribution in [0.2, 0.25) is 0 Å². The monoisotopic (exact) mass is 466 g/mol. The Kier molecular flexibility index (Phi) is 6.58. The highest BCUT2D eigenvalue weighted by molar-refractivity contribution is 6.62. The van der Waals surface area contributed by atoms with Crippen molar-refractivity contribution in [3.8, 4) is 0 Å². The Morgan fingerprint density at radius 1 is 1.06 bits per heavy atom. The highest BCUT2D eigenvalue weighted by atomic mass is 19.2. The van der Waals surface area contributed by atoms with Gasteiger partial charge >= 0.3 is 13.2 Å². The van der Waals surface area contributed by atoms with Crippen molar-refractivity contribution < 1.29 is 32.4 Å². The van der Waals surface area contributed by atoms with Crippen molar-refractivity contribution in [1.82, 2.24) is 9.80 Å². The molecule has 0 N–H and O–H groups in total. The minimum absolute atomic E-state index is 0.0921. The first-order valence-electron chi connectivity index (χ1n) is 11.2. The molecule has 2 fully saturated rings. The number of hydrogen-bond acceptors (Lipinski definition) is 5. The number of nitrogens with zero attached hydrogens (tertiary/aromatic N) is 2. The van der Waals surface area contributed by atoms with Crippen LogP contribution in [0.25, 0.3) is 0 Å². The Balaban J connectivity index is 1.75. The van der Waals surface area contributed by atoms with Crippen molar-refractivity contribution >= 4 is 24.6 Å². The van der Waals surface area contributed by atoms with E-state index in [9.17, 15) is 14.0 Å². The summed E-state index contributed by atoms with van der Waals surface area (Å²) >= 11 is 0. The standard InChI is InChI=1S/C23H33BF2N2O5/c1-14-13-27(20(30)31-21(2,3)4)11-12-28(14)19(29)15-9-10-16(18(26)17(15)25)24-32-22(5,6)23(7,8)33-24/h9-10,14H,11-13H2,1-8H3. The van der Waals surface area contributed by atoms with Crippen LogP contribution in [0.5, 0.6) is 0 Å². The molecule has 1 aromatic carbocycles. The molecule has 10 heteroatoms. The highest BCUT2D eigenvalue weighted by Gasteiger charge is 2.52. The van der Waals surface area contributed by atoms with Gasteiger partial charge in [0.2, 0.25) is 0 Å². The van der Waals surface area contributed by atoms with E-state index < -0.39 is 53.6 Å². The van der Waals surface area contributed by atoms with Gasteiger partial charge < -0.3 is 23.8 Å². The summed E-state index contributed by atoms with van der Waals surface area (Å²) in [5, 5.41) is 0. The third kappa shape index (κ3) is 5.01. The van der Waals surface area contributed by atoms with Crippen LogP contribution < -0.4 is 5.46 Å². The number of benzene rings is 1. The summed E-state index contributed by atoms with van der Waals surface area (Å²) in [7, 11) is -1.08. The maximum atomic E-state index is 15.0. The van der Waals surface area contributed by atoms with Gasteiger partial charge in [-0.3, -0.25) is 4.79 Å². The van der Waals surface area contributed by atoms with Crippen molar-refractivity contribution in [3.63, 3.8) is 0 Å². The zero-order chi connectivity index (χ0) is 24.9. The topological polar surface area (TPSA) is 68.3 Å². The first kappa shape index (κ1) is 25.4.